The summed E-state index contributed by atoms with van der Waals surface area (Å²) in [5.41, 5.74) is 3.76. The van der Waals surface area contributed by atoms with Crippen LogP contribution in [-0.2, 0) is 17.8 Å². The van der Waals surface area contributed by atoms with E-state index < -0.39 is 0 Å². The van der Waals surface area contributed by atoms with Gasteiger partial charge in [-0.3, -0.25) is 9.69 Å². The summed E-state index contributed by atoms with van der Waals surface area (Å²) in [5.74, 6) is 0.303. The zero-order valence-electron chi connectivity index (χ0n) is 16.2. The molecule has 1 amide bonds. The van der Waals surface area contributed by atoms with E-state index in [-0.39, 0.29) is 17.9 Å². The maximum absolute atomic E-state index is 12.7. The molecule has 0 unspecified atom stereocenters. The second-order valence-corrected chi connectivity index (χ2v) is 7.94. The first-order valence-electron chi connectivity index (χ1n) is 9.91. The largest absolute Gasteiger partial charge is 0.349 e. The third kappa shape index (κ3) is 5.57. The second-order valence-electron chi connectivity index (χ2n) is 7.50. The molecule has 2 aromatic carbocycles. The van der Waals surface area contributed by atoms with Crippen molar-refractivity contribution in [2.45, 2.75) is 45.7 Å². The number of nitrogens with one attached hydrogen (secondary N) is 1. The molecule has 0 radical (unpaired) electrons. The fraction of sp³-hybridized carbons (Fsp3) is 0.435. The summed E-state index contributed by atoms with van der Waals surface area (Å²) in [6.45, 7) is 7.06. The molecule has 1 aliphatic rings. The molecule has 1 N–H and O–H groups in total. The first-order valence-corrected chi connectivity index (χ1v) is 10.3. The highest BCUT2D eigenvalue weighted by atomic mass is 35.5. The number of amides is 1. The van der Waals surface area contributed by atoms with Crippen molar-refractivity contribution in [3.05, 3.63) is 70.2 Å². The van der Waals surface area contributed by atoms with Gasteiger partial charge in [-0.2, -0.15) is 0 Å². The predicted molar refractivity (Wildman–Crippen MR) is 112 cm³/mol. The van der Waals surface area contributed by atoms with E-state index in [1.54, 1.807) is 0 Å². The second kappa shape index (κ2) is 9.38. The Kier molecular flexibility index (Phi) is 6.92. The van der Waals surface area contributed by atoms with Crippen molar-refractivity contribution in [2.75, 3.05) is 13.1 Å². The summed E-state index contributed by atoms with van der Waals surface area (Å²) in [6.07, 6.45) is 2.87. The van der Waals surface area contributed by atoms with E-state index in [0.717, 1.165) is 43.9 Å². The monoisotopic (exact) mass is 384 g/mol. The predicted octanol–water partition coefficient (Wildman–Crippen LogP) is 4.99. The molecule has 1 heterocycles. The van der Waals surface area contributed by atoms with Crippen molar-refractivity contribution < 1.29 is 4.79 Å². The van der Waals surface area contributed by atoms with Crippen LogP contribution in [0.25, 0.3) is 0 Å². The van der Waals surface area contributed by atoms with Gasteiger partial charge in [-0.15, -0.1) is 0 Å². The minimum atomic E-state index is 0.0514. The smallest absolute Gasteiger partial charge is 0.223 e. The third-order valence-electron chi connectivity index (χ3n) is 5.52. The van der Waals surface area contributed by atoms with Gasteiger partial charge in [-0.1, -0.05) is 54.9 Å². The topological polar surface area (TPSA) is 32.3 Å². The van der Waals surface area contributed by atoms with Crippen LogP contribution < -0.4 is 5.32 Å². The van der Waals surface area contributed by atoms with Gasteiger partial charge in [0.1, 0.15) is 0 Å². The number of likely N-dealkylation sites (tertiary alicyclic amines) is 1. The van der Waals surface area contributed by atoms with Crippen LogP contribution in [0.1, 0.15) is 49.4 Å². The van der Waals surface area contributed by atoms with E-state index in [9.17, 15) is 4.79 Å². The van der Waals surface area contributed by atoms with Crippen LogP contribution in [0.2, 0.25) is 5.02 Å². The zero-order valence-corrected chi connectivity index (χ0v) is 17.0. The van der Waals surface area contributed by atoms with E-state index in [1.165, 1.54) is 16.7 Å². The van der Waals surface area contributed by atoms with Crippen LogP contribution in [0.3, 0.4) is 0 Å². The molecule has 1 atom stereocenters. The number of aryl methyl sites for hydroxylation is 1. The molecule has 0 aliphatic carbocycles. The highest BCUT2D eigenvalue weighted by Gasteiger charge is 2.26. The van der Waals surface area contributed by atoms with Gasteiger partial charge in [0, 0.05) is 17.5 Å². The first kappa shape index (κ1) is 19.9. The Balaban J connectivity index is 1.46. The lowest BCUT2D eigenvalue weighted by Gasteiger charge is -2.32. The molecule has 0 aromatic heterocycles. The lowest BCUT2D eigenvalue weighted by atomic mass is 9.94. The maximum Gasteiger partial charge on any atom is 0.223 e. The minimum absolute atomic E-state index is 0.0514. The number of carbonyl (C=O) groups excluding carboxylic acids is 1. The Morgan fingerprint density at radius 3 is 2.26 bits per heavy atom. The van der Waals surface area contributed by atoms with Crippen molar-refractivity contribution in [3.63, 3.8) is 0 Å². The van der Waals surface area contributed by atoms with E-state index in [0.29, 0.717) is 0 Å². The average Bonchev–Trinajstić information content (AvgIpc) is 2.70. The van der Waals surface area contributed by atoms with Crippen molar-refractivity contribution in [3.8, 4) is 0 Å². The Hall–Kier alpha value is -1.84. The summed E-state index contributed by atoms with van der Waals surface area (Å²) in [4.78, 5) is 15.1. The Morgan fingerprint density at radius 2 is 1.67 bits per heavy atom. The highest BCUT2D eigenvalue weighted by molar-refractivity contribution is 6.30. The van der Waals surface area contributed by atoms with Gasteiger partial charge < -0.3 is 5.32 Å². The molecule has 4 heteroatoms. The fourth-order valence-corrected chi connectivity index (χ4v) is 3.78. The van der Waals surface area contributed by atoms with Crippen molar-refractivity contribution in [1.29, 1.82) is 0 Å². The number of carbonyl (C=O) groups is 1. The zero-order chi connectivity index (χ0) is 19.2. The van der Waals surface area contributed by atoms with Crippen LogP contribution in [0.4, 0.5) is 0 Å². The first-order chi connectivity index (χ1) is 13.0. The van der Waals surface area contributed by atoms with Crippen molar-refractivity contribution in [2.24, 2.45) is 5.92 Å². The molecule has 0 saturated carbocycles. The lowest BCUT2D eigenvalue weighted by molar-refractivity contribution is -0.127. The lowest BCUT2D eigenvalue weighted by Crippen LogP contribution is -2.40. The van der Waals surface area contributed by atoms with Gasteiger partial charge in [-0.25, -0.2) is 0 Å². The number of halogens is 1. The Bertz CT molecular complexity index is 734. The van der Waals surface area contributed by atoms with Gasteiger partial charge in [0.15, 0.2) is 0 Å². The Labute approximate surface area is 167 Å². The molecule has 1 aliphatic heterocycles. The molecule has 0 spiro atoms. The minimum Gasteiger partial charge on any atom is -0.349 e. The van der Waals surface area contributed by atoms with Gasteiger partial charge in [0.05, 0.1) is 6.04 Å². The molecule has 27 heavy (non-hydrogen) atoms. The fourth-order valence-electron chi connectivity index (χ4n) is 3.66. The van der Waals surface area contributed by atoms with Crippen molar-refractivity contribution in [1.82, 2.24) is 10.2 Å². The third-order valence-corrected chi connectivity index (χ3v) is 5.78. The number of benzene rings is 2. The van der Waals surface area contributed by atoms with Crippen LogP contribution in [0.15, 0.2) is 48.5 Å². The molecule has 3 rings (SSSR count). The molecule has 0 bridgehead atoms. The molecule has 1 fully saturated rings. The highest BCUT2D eigenvalue weighted by Crippen LogP contribution is 2.22. The number of rotatable bonds is 6. The Morgan fingerprint density at radius 1 is 1.07 bits per heavy atom. The number of nitrogens with zero attached hydrogens (tertiary/aromatic N) is 1. The number of hydrogen-bond donors (Lipinski definition) is 1. The molecule has 2 aromatic rings. The number of hydrogen-bond acceptors (Lipinski definition) is 2. The molecule has 144 valence electrons. The van der Waals surface area contributed by atoms with Crippen LogP contribution in [0, 0.1) is 5.92 Å². The summed E-state index contributed by atoms with van der Waals surface area (Å²) >= 11 is 5.95. The standard InChI is InChI=1S/C23H29ClN2O/c1-3-18-4-8-20(9-5-18)17(2)25-23(27)21-12-14-26(15-13-21)16-19-6-10-22(24)11-7-19/h4-11,17,21H,3,12-16H2,1-2H3,(H,25,27)/t17-/m0/s1. The summed E-state index contributed by atoms with van der Waals surface area (Å²) < 4.78 is 0. The van der Waals surface area contributed by atoms with Crippen LogP contribution in [-0.4, -0.2) is 23.9 Å². The van der Waals surface area contributed by atoms with Gasteiger partial charge in [-0.05, 0) is 68.1 Å². The maximum atomic E-state index is 12.7. The normalized spacial score (nSPS) is 16.9. The van der Waals surface area contributed by atoms with Crippen LogP contribution >= 0.6 is 11.6 Å². The summed E-state index contributed by atoms with van der Waals surface area (Å²) in [5, 5.41) is 3.97. The molecule has 1 saturated heterocycles. The van der Waals surface area contributed by atoms with Gasteiger partial charge >= 0.3 is 0 Å². The van der Waals surface area contributed by atoms with Crippen molar-refractivity contribution >= 4 is 17.5 Å². The van der Waals surface area contributed by atoms with E-state index in [1.807, 2.05) is 12.1 Å². The van der Waals surface area contributed by atoms with E-state index in [2.05, 4.69) is 60.5 Å². The van der Waals surface area contributed by atoms with E-state index >= 15 is 0 Å². The summed E-state index contributed by atoms with van der Waals surface area (Å²) in [6, 6.07) is 16.6. The van der Waals surface area contributed by atoms with Gasteiger partial charge in [0.2, 0.25) is 5.91 Å². The molecular formula is C23H29ClN2O. The average molecular weight is 385 g/mol. The van der Waals surface area contributed by atoms with Crippen LogP contribution in [0.5, 0.6) is 0 Å². The molecular weight excluding hydrogens is 356 g/mol. The van der Waals surface area contributed by atoms with Gasteiger partial charge in [0.25, 0.3) is 0 Å². The SMILES string of the molecule is CCc1ccc([C@H](C)NC(=O)C2CCN(Cc3ccc(Cl)cc3)CC2)cc1. The quantitative estimate of drug-likeness (QED) is 0.760. The van der Waals surface area contributed by atoms with E-state index in [4.69, 9.17) is 11.6 Å². The summed E-state index contributed by atoms with van der Waals surface area (Å²) in [7, 11) is 0. The number of piperidine rings is 1. The molecule has 3 nitrogen and oxygen atoms in total.